The van der Waals surface area contributed by atoms with Crippen molar-refractivity contribution in [2.75, 3.05) is 11.9 Å². The summed E-state index contributed by atoms with van der Waals surface area (Å²) in [6.07, 6.45) is 3.22. The van der Waals surface area contributed by atoms with E-state index >= 15 is 0 Å². The van der Waals surface area contributed by atoms with Gasteiger partial charge in [-0.05, 0) is 67.2 Å². The number of rotatable bonds is 9. The largest absolute Gasteiger partial charge is 0.494 e. The average Bonchev–Trinajstić information content (AvgIpc) is 2.71. The molecule has 0 aliphatic carbocycles. The number of hydrogen-bond donors (Lipinski definition) is 4. The summed E-state index contributed by atoms with van der Waals surface area (Å²) in [5.41, 5.74) is 11.1. The lowest BCUT2D eigenvalue weighted by Crippen LogP contribution is -2.34. The van der Waals surface area contributed by atoms with E-state index in [0.29, 0.717) is 23.6 Å². The van der Waals surface area contributed by atoms with Gasteiger partial charge in [0, 0.05) is 11.3 Å². The van der Waals surface area contributed by atoms with Gasteiger partial charge in [0.2, 0.25) is 5.96 Å². The van der Waals surface area contributed by atoms with Gasteiger partial charge >= 0.3 is 0 Å². The molecule has 6 N–H and O–H groups in total. The van der Waals surface area contributed by atoms with Crippen LogP contribution in [0.25, 0.3) is 0 Å². The van der Waals surface area contributed by atoms with E-state index in [1.165, 1.54) is 24.3 Å². The molecule has 2 aromatic rings. The van der Waals surface area contributed by atoms with E-state index in [1.54, 1.807) is 24.3 Å². The summed E-state index contributed by atoms with van der Waals surface area (Å²) in [5, 5.41) is 5.43. The Labute approximate surface area is 186 Å². The lowest BCUT2D eigenvalue weighted by atomic mass is 10.2. The summed E-state index contributed by atoms with van der Waals surface area (Å²) in [6.45, 7) is 2.76. The lowest BCUT2D eigenvalue weighted by Gasteiger charge is -2.11. The van der Waals surface area contributed by atoms with E-state index in [1.807, 2.05) is 0 Å². The van der Waals surface area contributed by atoms with Crippen molar-refractivity contribution >= 4 is 44.9 Å². The van der Waals surface area contributed by atoms with Crippen molar-refractivity contribution in [3.8, 4) is 5.75 Å². The van der Waals surface area contributed by atoms with Crippen molar-refractivity contribution in [1.82, 2.24) is 5.32 Å². The van der Waals surface area contributed by atoms with Crippen molar-refractivity contribution in [1.29, 1.82) is 0 Å². The van der Waals surface area contributed by atoms with Crippen molar-refractivity contribution in [2.45, 2.75) is 31.1 Å². The first-order valence-corrected chi connectivity index (χ1v) is 11.4. The fraction of sp³-hybridized carbons (Fsp3) is 0.250. The zero-order valence-electron chi connectivity index (χ0n) is 17.0. The molecule has 0 atom stereocenters. The normalized spacial score (nSPS) is 10.7. The van der Waals surface area contributed by atoms with Crippen LogP contribution in [0.5, 0.6) is 5.75 Å². The number of nitrogens with two attached hydrogens (primary N) is 2. The molecular weight excluding hydrogens is 438 g/mol. The molecule has 2 rings (SSSR count). The monoisotopic (exact) mass is 463 g/mol. The third kappa shape index (κ3) is 7.87. The van der Waals surface area contributed by atoms with E-state index < -0.39 is 16.0 Å². The summed E-state index contributed by atoms with van der Waals surface area (Å²) in [5.74, 6) is -0.242. The highest BCUT2D eigenvalue weighted by Crippen LogP contribution is 2.16. The maximum absolute atomic E-state index is 12.3. The molecule has 0 spiro atoms. The van der Waals surface area contributed by atoms with Gasteiger partial charge in [-0.2, -0.15) is 8.42 Å². The van der Waals surface area contributed by atoms with Crippen molar-refractivity contribution in [2.24, 2.45) is 15.9 Å². The minimum Gasteiger partial charge on any atom is -0.494 e. The Kier molecular flexibility index (Phi) is 8.76. The molecule has 1 amide bonds. The topological polar surface area (TPSA) is 149 Å². The smallest absolute Gasteiger partial charge is 0.285 e. The quantitative estimate of drug-likeness (QED) is 0.192. The van der Waals surface area contributed by atoms with Gasteiger partial charge in [0.1, 0.15) is 5.75 Å². The first kappa shape index (κ1) is 24.1. The molecule has 31 heavy (non-hydrogen) atoms. The van der Waals surface area contributed by atoms with Gasteiger partial charge < -0.3 is 21.5 Å². The summed E-state index contributed by atoms with van der Waals surface area (Å²) in [6, 6.07) is 12.3. The van der Waals surface area contributed by atoms with Gasteiger partial charge in [-0.25, -0.2) is 0 Å². The van der Waals surface area contributed by atoms with E-state index in [-0.39, 0.29) is 15.9 Å². The number of nitrogens with one attached hydrogen (secondary N) is 2. The molecule has 0 saturated heterocycles. The van der Waals surface area contributed by atoms with E-state index in [9.17, 15) is 13.2 Å². The summed E-state index contributed by atoms with van der Waals surface area (Å²) >= 11 is 5.14. The standard InChI is InChI=1S/C20H25N5O4S2/c1-2-3-4-13-29-16-9-5-14(6-10-16)18(26)24-20(30)23-15-7-11-17(12-8-15)31(27,28)25-19(21)22/h5-12H,2-4,13H2,1H3,(H4,21,22,25)(H2,23,24,26,30). The molecule has 0 unspecified atom stereocenters. The van der Waals surface area contributed by atoms with Crippen molar-refractivity contribution in [3.63, 3.8) is 0 Å². The zero-order chi connectivity index (χ0) is 22.9. The van der Waals surface area contributed by atoms with Gasteiger partial charge in [0.25, 0.3) is 15.9 Å². The Hall–Kier alpha value is -3.18. The predicted molar refractivity (Wildman–Crippen MR) is 125 cm³/mol. The maximum atomic E-state index is 12.3. The molecule has 166 valence electrons. The second kappa shape index (κ2) is 11.3. The number of hydrogen-bond acceptors (Lipinski definition) is 5. The summed E-state index contributed by atoms with van der Waals surface area (Å²) < 4.78 is 32.7. The first-order valence-electron chi connectivity index (χ1n) is 9.52. The second-order valence-electron chi connectivity index (χ2n) is 6.50. The number of nitrogens with zero attached hydrogens (tertiary/aromatic N) is 1. The van der Waals surface area contributed by atoms with Crippen molar-refractivity contribution in [3.05, 3.63) is 54.1 Å². The highest BCUT2D eigenvalue weighted by molar-refractivity contribution is 7.90. The third-order valence-electron chi connectivity index (χ3n) is 4.00. The number of thiocarbonyl (C=S) groups is 1. The molecule has 0 bridgehead atoms. The molecule has 2 aromatic carbocycles. The number of sulfonamides is 1. The van der Waals surface area contributed by atoms with Crippen LogP contribution in [0.15, 0.2) is 57.8 Å². The van der Waals surface area contributed by atoms with E-state index in [4.69, 9.17) is 28.4 Å². The van der Waals surface area contributed by atoms with Gasteiger partial charge in [-0.15, -0.1) is 4.40 Å². The molecule has 0 aromatic heterocycles. The Morgan fingerprint density at radius 3 is 2.29 bits per heavy atom. The highest BCUT2D eigenvalue weighted by atomic mass is 32.2. The van der Waals surface area contributed by atoms with Crippen LogP contribution >= 0.6 is 12.2 Å². The lowest BCUT2D eigenvalue weighted by molar-refractivity contribution is 0.0977. The van der Waals surface area contributed by atoms with Gasteiger partial charge in [-0.1, -0.05) is 19.8 Å². The van der Waals surface area contributed by atoms with Crippen LogP contribution in [0.3, 0.4) is 0 Å². The predicted octanol–water partition coefficient (Wildman–Crippen LogP) is 2.34. The van der Waals surface area contributed by atoms with Crippen LogP contribution in [-0.4, -0.2) is 32.0 Å². The molecule has 0 aliphatic heterocycles. The summed E-state index contributed by atoms with van der Waals surface area (Å²) in [4.78, 5) is 12.3. The van der Waals surface area contributed by atoms with Crippen LogP contribution in [0.2, 0.25) is 0 Å². The number of amides is 1. The summed E-state index contributed by atoms with van der Waals surface area (Å²) in [7, 11) is -3.98. The van der Waals surface area contributed by atoms with E-state index in [2.05, 4.69) is 22.0 Å². The minimum atomic E-state index is -3.98. The van der Waals surface area contributed by atoms with Crippen molar-refractivity contribution < 1.29 is 17.9 Å². The Balaban J connectivity index is 1.90. The number of ether oxygens (including phenoxy) is 1. The number of carbonyl (C=O) groups is 1. The zero-order valence-corrected chi connectivity index (χ0v) is 18.6. The number of guanidine groups is 1. The third-order valence-corrected chi connectivity index (χ3v) is 5.52. The second-order valence-corrected chi connectivity index (χ2v) is 8.52. The first-order chi connectivity index (χ1) is 14.7. The van der Waals surface area contributed by atoms with Crippen LogP contribution in [-0.2, 0) is 10.0 Å². The fourth-order valence-corrected chi connectivity index (χ4v) is 3.56. The molecule has 0 saturated carbocycles. The van der Waals surface area contributed by atoms with Gasteiger partial charge in [0.05, 0.1) is 11.5 Å². The van der Waals surface area contributed by atoms with Crippen LogP contribution in [0.1, 0.15) is 36.5 Å². The fourth-order valence-electron chi connectivity index (χ4n) is 2.48. The number of benzene rings is 2. The van der Waals surface area contributed by atoms with Crippen LogP contribution in [0.4, 0.5) is 5.69 Å². The molecule has 0 radical (unpaired) electrons. The highest BCUT2D eigenvalue weighted by Gasteiger charge is 2.13. The molecule has 9 nitrogen and oxygen atoms in total. The molecular formula is C20H25N5O4S2. The number of carbonyl (C=O) groups excluding carboxylic acids is 1. The Morgan fingerprint density at radius 1 is 1.06 bits per heavy atom. The minimum absolute atomic E-state index is 0.0599. The van der Waals surface area contributed by atoms with Crippen LogP contribution < -0.4 is 26.8 Å². The maximum Gasteiger partial charge on any atom is 0.285 e. The van der Waals surface area contributed by atoms with E-state index in [0.717, 1.165) is 19.3 Å². The van der Waals surface area contributed by atoms with Gasteiger partial charge in [-0.3, -0.25) is 10.1 Å². The number of anilines is 1. The Morgan fingerprint density at radius 2 is 1.71 bits per heavy atom. The SMILES string of the molecule is CCCCCOc1ccc(C(=O)NC(=S)Nc2ccc(S(=O)(=O)N=C(N)N)cc2)cc1. The molecule has 11 heteroatoms. The van der Waals surface area contributed by atoms with Gasteiger partial charge in [0.15, 0.2) is 5.11 Å². The molecule has 0 heterocycles. The number of unbranched alkanes of at least 4 members (excludes halogenated alkanes) is 2. The Bertz CT molecular complexity index is 1030. The van der Waals surface area contributed by atoms with Crippen LogP contribution in [0, 0.1) is 0 Å². The average molecular weight is 464 g/mol. The molecule has 0 fully saturated rings. The molecule has 0 aliphatic rings.